The number of alkyl carbamates (subject to hydrolysis) is 1. The van der Waals surface area contributed by atoms with Gasteiger partial charge in [0.15, 0.2) is 5.60 Å². The van der Waals surface area contributed by atoms with Gasteiger partial charge in [-0.15, -0.1) is 0 Å². The largest absolute Gasteiger partial charge is 0.460 e. The van der Waals surface area contributed by atoms with Crippen LogP contribution in [0.25, 0.3) is 33.4 Å². The van der Waals surface area contributed by atoms with Gasteiger partial charge in [0, 0.05) is 28.5 Å². The van der Waals surface area contributed by atoms with Crippen LogP contribution in [-0.2, 0) is 53.8 Å². The number of nitrogens with one attached hydrogen (secondary N) is 2. The highest BCUT2D eigenvalue weighted by Gasteiger charge is 2.46. The molecule has 314 valence electrons. The molecule has 0 radical (unpaired) electrons. The van der Waals surface area contributed by atoms with Crippen molar-refractivity contribution < 1.29 is 42.9 Å². The number of ether oxygens (including phenoxy) is 3. The van der Waals surface area contributed by atoms with E-state index >= 15 is 4.39 Å². The summed E-state index contributed by atoms with van der Waals surface area (Å²) in [6.45, 7) is 8.11. The second kappa shape index (κ2) is 14.6. The van der Waals surface area contributed by atoms with Gasteiger partial charge in [-0.3, -0.25) is 14.4 Å². The van der Waals surface area contributed by atoms with Crippen LogP contribution in [0.3, 0.4) is 0 Å². The first-order valence-corrected chi connectivity index (χ1v) is 20.5. The van der Waals surface area contributed by atoms with E-state index in [4.69, 9.17) is 19.2 Å². The van der Waals surface area contributed by atoms with Crippen molar-refractivity contribution in [2.24, 2.45) is 0 Å². The molecule has 2 aliphatic carbocycles. The standard InChI is InChI=1S/C47H45FN4O9/c1-6-47(58)32-17-37-41-29(20-52(37)43(55)31(32)22-59-44(47)56)40-34(16-15-24-23(2)33(48)18-35(49-41)39(24)40)50-42(54)36(19-38(53)61-46(3,4)5)51-45(57)60-21-30-27-13-9-7-11-25(27)26-12-8-10-14-28(26)30/h7-14,17-18,30,34,36,58H,6,15-16,19-22H2,1-5H3,(H,50,54)(H,51,57)/t34-,36-,47-/m0/s1. The number of pyridine rings is 2. The van der Waals surface area contributed by atoms with E-state index in [9.17, 15) is 29.1 Å². The maximum atomic E-state index is 15.5. The zero-order valence-corrected chi connectivity index (χ0v) is 34.4. The summed E-state index contributed by atoms with van der Waals surface area (Å²) >= 11 is 0. The van der Waals surface area contributed by atoms with Crippen molar-refractivity contribution in [3.63, 3.8) is 0 Å². The van der Waals surface area contributed by atoms with E-state index in [2.05, 4.69) is 10.6 Å². The maximum Gasteiger partial charge on any atom is 0.407 e. The summed E-state index contributed by atoms with van der Waals surface area (Å²) in [5.74, 6) is -2.96. The summed E-state index contributed by atoms with van der Waals surface area (Å²) in [6.07, 6.45) is -0.747. The first kappa shape index (κ1) is 40.0. The van der Waals surface area contributed by atoms with Crippen molar-refractivity contribution in [1.29, 1.82) is 0 Å². The van der Waals surface area contributed by atoms with Gasteiger partial charge < -0.3 is 34.5 Å². The minimum atomic E-state index is -2.05. The molecule has 61 heavy (non-hydrogen) atoms. The average molecular weight is 829 g/mol. The highest BCUT2D eigenvalue weighted by Crippen LogP contribution is 2.47. The number of hydrogen-bond donors (Lipinski definition) is 3. The third kappa shape index (κ3) is 6.64. The highest BCUT2D eigenvalue weighted by atomic mass is 19.1. The number of amides is 2. The lowest BCUT2D eigenvalue weighted by atomic mass is 9.81. The number of fused-ring (bicyclic) bond motifs is 8. The minimum absolute atomic E-state index is 0.0175. The molecule has 0 saturated carbocycles. The molecule has 0 unspecified atom stereocenters. The molecule has 0 spiro atoms. The number of cyclic esters (lactones) is 1. The Morgan fingerprint density at radius 1 is 1.03 bits per heavy atom. The van der Waals surface area contributed by atoms with E-state index in [0.717, 1.165) is 27.8 Å². The van der Waals surface area contributed by atoms with Crippen molar-refractivity contribution in [3.8, 4) is 22.5 Å². The topological polar surface area (TPSA) is 175 Å². The Morgan fingerprint density at radius 3 is 2.39 bits per heavy atom. The van der Waals surface area contributed by atoms with Crippen LogP contribution in [0, 0.1) is 12.7 Å². The zero-order valence-electron chi connectivity index (χ0n) is 34.4. The number of carbonyl (C=O) groups excluding carboxylic acids is 4. The van der Waals surface area contributed by atoms with Gasteiger partial charge in [0.05, 0.1) is 41.5 Å². The predicted octanol–water partition coefficient (Wildman–Crippen LogP) is 6.27. The van der Waals surface area contributed by atoms with Gasteiger partial charge in [0.25, 0.3) is 5.56 Å². The van der Waals surface area contributed by atoms with Gasteiger partial charge in [-0.05, 0) is 92.0 Å². The number of aryl methyl sites for hydroxylation is 1. The van der Waals surface area contributed by atoms with Gasteiger partial charge in [-0.2, -0.15) is 0 Å². The third-order valence-corrected chi connectivity index (χ3v) is 12.4. The fourth-order valence-corrected chi connectivity index (χ4v) is 9.51. The molecule has 0 bridgehead atoms. The molecule has 2 amide bonds. The van der Waals surface area contributed by atoms with Gasteiger partial charge in [-0.25, -0.2) is 19.0 Å². The summed E-state index contributed by atoms with van der Waals surface area (Å²) in [6, 6.07) is 16.6. The molecule has 0 fully saturated rings. The van der Waals surface area contributed by atoms with Crippen molar-refractivity contribution in [2.45, 2.75) is 103 Å². The maximum absolute atomic E-state index is 15.5. The van der Waals surface area contributed by atoms with Gasteiger partial charge in [-0.1, -0.05) is 55.5 Å². The fraction of sp³-hybridized carbons (Fsp3) is 0.362. The minimum Gasteiger partial charge on any atom is -0.460 e. The van der Waals surface area contributed by atoms with Crippen molar-refractivity contribution >= 4 is 34.8 Å². The SMILES string of the molecule is CC[C@@]1(O)C(=O)OCc2c1cc1n(c2=O)Cc2c-1nc1cc(F)c(C)c3c1c2[C@@H](NC(=O)[C@H](CC(=O)OC(C)(C)C)NC(=O)OCC1c2ccccc2-c2ccccc21)CC3. The number of aromatic nitrogens is 2. The quantitative estimate of drug-likeness (QED) is 0.117. The molecule has 3 aromatic carbocycles. The van der Waals surface area contributed by atoms with Gasteiger partial charge in [0.2, 0.25) is 5.91 Å². The van der Waals surface area contributed by atoms with E-state index in [-0.39, 0.29) is 43.2 Å². The Hall–Kier alpha value is -6.41. The van der Waals surface area contributed by atoms with E-state index in [0.29, 0.717) is 51.8 Å². The molecular weight excluding hydrogens is 784 g/mol. The number of carbonyl (C=O) groups is 4. The van der Waals surface area contributed by atoms with Crippen LogP contribution in [-0.4, -0.2) is 56.8 Å². The number of benzene rings is 3. The lowest BCUT2D eigenvalue weighted by Crippen LogP contribution is -2.50. The smallest absolute Gasteiger partial charge is 0.407 e. The molecule has 3 N–H and O–H groups in total. The normalized spacial score (nSPS) is 18.9. The number of rotatable bonds is 8. The van der Waals surface area contributed by atoms with Crippen LogP contribution in [0.4, 0.5) is 9.18 Å². The summed E-state index contributed by atoms with van der Waals surface area (Å²) in [4.78, 5) is 73.1. The van der Waals surface area contributed by atoms with Crippen LogP contribution < -0.4 is 16.2 Å². The second-order valence-electron chi connectivity index (χ2n) is 17.2. The summed E-state index contributed by atoms with van der Waals surface area (Å²) in [5.41, 5.74) is 4.37. The van der Waals surface area contributed by atoms with Crippen molar-refractivity contribution in [1.82, 2.24) is 20.2 Å². The summed E-state index contributed by atoms with van der Waals surface area (Å²) < 4.78 is 33.6. The molecule has 14 heteroatoms. The average Bonchev–Trinajstić information content (AvgIpc) is 3.75. The zero-order chi connectivity index (χ0) is 43.1. The van der Waals surface area contributed by atoms with E-state index in [1.54, 1.807) is 40.7 Å². The molecule has 3 atom stereocenters. The second-order valence-corrected chi connectivity index (χ2v) is 17.2. The third-order valence-electron chi connectivity index (χ3n) is 12.4. The van der Waals surface area contributed by atoms with Gasteiger partial charge in [0.1, 0.15) is 30.7 Å². The Bertz CT molecular complexity index is 2750. The molecule has 0 saturated heterocycles. The van der Waals surface area contributed by atoms with E-state index < -0.39 is 65.0 Å². The lowest BCUT2D eigenvalue weighted by molar-refractivity contribution is -0.172. The van der Waals surface area contributed by atoms with Crippen molar-refractivity contribution in [2.75, 3.05) is 6.61 Å². The molecular formula is C47H45FN4O9. The van der Waals surface area contributed by atoms with Crippen LogP contribution in [0.15, 0.2) is 65.5 Å². The Morgan fingerprint density at radius 2 is 1.72 bits per heavy atom. The molecule has 9 rings (SSSR count). The van der Waals surface area contributed by atoms with Crippen LogP contribution >= 0.6 is 0 Å². The highest BCUT2D eigenvalue weighted by molar-refractivity contribution is 5.95. The number of hydrogen-bond acceptors (Lipinski definition) is 10. The molecule has 13 nitrogen and oxygen atoms in total. The molecule has 5 aromatic rings. The number of halogens is 1. The Balaban J connectivity index is 1.05. The summed E-state index contributed by atoms with van der Waals surface area (Å²) in [7, 11) is 0. The Kier molecular flexibility index (Phi) is 9.61. The van der Waals surface area contributed by atoms with Crippen LogP contribution in [0.1, 0.15) is 103 Å². The van der Waals surface area contributed by atoms with Crippen molar-refractivity contribution in [3.05, 3.63) is 121 Å². The number of esters is 2. The van der Waals surface area contributed by atoms with E-state index in [1.165, 1.54) is 10.6 Å². The van der Waals surface area contributed by atoms with Crippen LogP contribution in [0.5, 0.6) is 0 Å². The Labute approximate surface area is 350 Å². The lowest BCUT2D eigenvalue weighted by Gasteiger charge is -2.31. The summed E-state index contributed by atoms with van der Waals surface area (Å²) in [5, 5.41) is 17.8. The fourth-order valence-electron chi connectivity index (χ4n) is 9.51. The molecule has 2 aliphatic heterocycles. The monoisotopic (exact) mass is 828 g/mol. The van der Waals surface area contributed by atoms with E-state index in [1.807, 2.05) is 48.5 Å². The molecule has 4 aliphatic rings. The van der Waals surface area contributed by atoms with Crippen LogP contribution in [0.2, 0.25) is 0 Å². The number of nitrogens with zero attached hydrogens (tertiary/aromatic N) is 2. The number of aliphatic hydroxyl groups is 1. The van der Waals surface area contributed by atoms with Gasteiger partial charge >= 0.3 is 18.0 Å². The molecule has 2 aromatic heterocycles. The molecule has 4 heterocycles. The predicted molar refractivity (Wildman–Crippen MR) is 221 cm³/mol. The first-order valence-electron chi connectivity index (χ1n) is 20.5. The first-order chi connectivity index (χ1) is 29.1.